The summed E-state index contributed by atoms with van der Waals surface area (Å²) in [5.74, 6) is -0.172. The summed E-state index contributed by atoms with van der Waals surface area (Å²) in [4.78, 5) is 10.7. The lowest BCUT2D eigenvalue weighted by Crippen LogP contribution is -2.36. The molecule has 0 spiro atoms. The van der Waals surface area contributed by atoms with Crippen molar-refractivity contribution in [2.24, 2.45) is 0 Å². The number of rotatable bonds is 5. The Bertz CT molecular complexity index is 654. The minimum atomic E-state index is -3.83. The van der Waals surface area contributed by atoms with Crippen molar-refractivity contribution in [1.82, 2.24) is 4.72 Å². The van der Waals surface area contributed by atoms with Gasteiger partial charge in [-0.05, 0) is 43.7 Å². The van der Waals surface area contributed by atoms with Gasteiger partial charge in [0.1, 0.15) is 4.90 Å². The van der Waals surface area contributed by atoms with Crippen molar-refractivity contribution in [2.45, 2.75) is 29.4 Å². The quantitative estimate of drug-likeness (QED) is 0.853. The van der Waals surface area contributed by atoms with E-state index < -0.39 is 16.0 Å². The topological polar surface area (TPSA) is 83.5 Å². The molecule has 21 heavy (non-hydrogen) atoms. The van der Waals surface area contributed by atoms with Crippen LogP contribution in [0.25, 0.3) is 0 Å². The second-order valence-electron chi connectivity index (χ2n) is 5.18. The second-order valence-corrected chi connectivity index (χ2v) is 9.00. The highest BCUT2D eigenvalue weighted by Gasteiger charge is 2.31. The number of carboxylic acid groups (broad SMARTS) is 1. The van der Waals surface area contributed by atoms with Crippen LogP contribution < -0.4 is 4.72 Å². The molecular weight excluding hydrogens is 334 g/mol. The first-order chi connectivity index (χ1) is 9.73. The van der Waals surface area contributed by atoms with E-state index in [1.807, 2.05) is 6.92 Å². The first-order valence-corrected chi connectivity index (χ1v) is 9.25. The zero-order valence-electron chi connectivity index (χ0n) is 11.4. The van der Waals surface area contributed by atoms with E-state index in [4.69, 9.17) is 16.7 Å². The van der Waals surface area contributed by atoms with Crippen molar-refractivity contribution in [1.29, 1.82) is 0 Å². The Morgan fingerprint density at radius 1 is 1.52 bits per heavy atom. The standard InChI is InChI=1S/C13H16ClNO4S2/c1-13(5-2-6-20-13)8-15-21(18,19)11-7-9(12(16)17)3-4-10(11)14/h3-4,7,15H,2,5-6,8H2,1H3,(H,16,17). The number of nitrogens with one attached hydrogen (secondary N) is 1. The monoisotopic (exact) mass is 349 g/mol. The Hall–Kier alpha value is -0.760. The first-order valence-electron chi connectivity index (χ1n) is 6.40. The summed E-state index contributed by atoms with van der Waals surface area (Å²) in [6.07, 6.45) is 2.02. The van der Waals surface area contributed by atoms with Gasteiger partial charge >= 0.3 is 5.97 Å². The van der Waals surface area contributed by atoms with Gasteiger partial charge in [0.15, 0.2) is 0 Å². The van der Waals surface area contributed by atoms with E-state index in [-0.39, 0.29) is 20.2 Å². The Balaban J connectivity index is 2.23. The van der Waals surface area contributed by atoms with Crippen LogP contribution >= 0.6 is 23.4 Å². The van der Waals surface area contributed by atoms with E-state index in [9.17, 15) is 13.2 Å². The lowest BCUT2D eigenvalue weighted by Gasteiger charge is -2.23. The number of sulfonamides is 1. The van der Waals surface area contributed by atoms with Crippen molar-refractivity contribution < 1.29 is 18.3 Å². The fourth-order valence-corrected chi connectivity index (χ4v) is 5.17. The lowest BCUT2D eigenvalue weighted by molar-refractivity contribution is 0.0696. The molecule has 1 fully saturated rings. The summed E-state index contributed by atoms with van der Waals surface area (Å²) >= 11 is 7.64. The molecule has 2 N–H and O–H groups in total. The molecule has 1 aromatic rings. The van der Waals surface area contributed by atoms with Crippen molar-refractivity contribution >= 4 is 39.4 Å². The summed E-state index contributed by atoms with van der Waals surface area (Å²) in [5.41, 5.74) is -0.110. The first kappa shape index (κ1) is 16.6. The maximum absolute atomic E-state index is 12.3. The average molecular weight is 350 g/mol. The van der Waals surface area contributed by atoms with Crippen LogP contribution in [-0.4, -0.2) is 36.5 Å². The SMILES string of the molecule is CC1(CNS(=O)(=O)c2cc(C(=O)O)ccc2Cl)CCCS1. The van der Waals surface area contributed by atoms with E-state index in [2.05, 4.69) is 4.72 Å². The highest BCUT2D eigenvalue weighted by molar-refractivity contribution is 8.01. The van der Waals surface area contributed by atoms with Gasteiger partial charge in [0.05, 0.1) is 10.6 Å². The van der Waals surface area contributed by atoms with Crippen LogP contribution in [0.4, 0.5) is 0 Å². The fourth-order valence-electron chi connectivity index (χ4n) is 2.14. The van der Waals surface area contributed by atoms with Crippen molar-refractivity contribution in [3.8, 4) is 0 Å². The maximum Gasteiger partial charge on any atom is 0.335 e. The van der Waals surface area contributed by atoms with E-state index in [0.29, 0.717) is 6.54 Å². The van der Waals surface area contributed by atoms with Gasteiger partial charge in [-0.3, -0.25) is 0 Å². The Morgan fingerprint density at radius 2 is 2.24 bits per heavy atom. The molecule has 1 saturated heterocycles. The molecule has 0 saturated carbocycles. The summed E-state index contributed by atoms with van der Waals surface area (Å²) in [7, 11) is -3.83. The smallest absolute Gasteiger partial charge is 0.335 e. The number of hydrogen-bond acceptors (Lipinski definition) is 4. The number of halogens is 1. The Morgan fingerprint density at radius 3 is 2.81 bits per heavy atom. The molecule has 1 unspecified atom stereocenters. The van der Waals surface area contributed by atoms with Crippen LogP contribution in [0, 0.1) is 0 Å². The Labute approximate surface area is 133 Å². The average Bonchev–Trinajstić information content (AvgIpc) is 2.84. The third-order valence-corrected chi connectivity index (χ3v) is 6.83. The molecule has 0 bridgehead atoms. The summed E-state index contributed by atoms with van der Waals surface area (Å²) in [5, 5.41) is 8.96. The van der Waals surface area contributed by atoms with Gasteiger partial charge < -0.3 is 5.11 Å². The molecule has 116 valence electrons. The van der Waals surface area contributed by atoms with Crippen LogP contribution in [0.15, 0.2) is 23.1 Å². The third kappa shape index (κ3) is 3.91. The number of benzene rings is 1. The number of carboxylic acids is 1. The molecule has 0 amide bonds. The lowest BCUT2D eigenvalue weighted by atomic mass is 10.1. The number of hydrogen-bond donors (Lipinski definition) is 2. The van der Waals surface area contributed by atoms with E-state index >= 15 is 0 Å². The second kappa shape index (κ2) is 6.16. The predicted octanol–water partition coefficient (Wildman–Crippen LogP) is 2.60. The Kier molecular flexibility index (Phi) is 4.87. The molecule has 1 aromatic carbocycles. The summed E-state index contributed by atoms with van der Waals surface area (Å²) in [6.45, 7) is 2.32. The molecule has 0 aliphatic carbocycles. The van der Waals surface area contributed by atoms with Crippen molar-refractivity contribution in [3.05, 3.63) is 28.8 Å². The zero-order chi connectivity index (χ0) is 15.7. The van der Waals surface area contributed by atoms with Crippen LogP contribution in [-0.2, 0) is 10.0 Å². The minimum absolute atomic E-state index is 0.0109. The van der Waals surface area contributed by atoms with Crippen molar-refractivity contribution in [3.63, 3.8) is 0 Å². The normalized spacial score (nSPS) is 22.4. The molecule has 1 aliphatic heterocycles. The molecule has 0 radical (unpaired) electrons. The van der Waals surface area contributed by atoms with Gasteiger partial charge in [0.2, 0.25) is 10.0 Å². The number of aromatic carboxylic acids is 1. The molecule has 0 aromatic heterocycles. The molecule has 1 atom stereocenters. The van der Waals surface area contributed by atoms with E-state index in [0.717, 1.165) is 24.7 Å². The van der Waals surface area contributed by atoms with Gasteiger partial charge in [0.25, 0.3) is 0 Å². The number of carbonyl (C=O) groups is 1. The van der Waals surface area contributed by atoms with Gasteiger partial charge in [0, 0.05) is 11.3 Å². The van der Waals surface area contributed by atoms with Gasteiger partial charge in [-0.25, -0.2) is 17.9 Å². The summed E-state index contributed by atoms with van der Waals surface area (Å²) < 4.78 is 27.1. The van der Waals surface area contributed by atoms with Crippen LogP contribution in [0.3, 0.4) is 0 Å². The zero-order valence-corrected chi connectivity index (χ0v) is 13.8. The molecule has 1 aliphatic rings. The molecule has 5 nitrogen and oxygen atoms in total. The largest absolute Gasteiger partial charge is 0.478 e. The van der Waals surface area contributed by atoms with E-state index in [1.54, 1.807) is 11.8 Å². The van der Waals surface area contributed by atoms with Gasteiger partial charge in [-0.15, -0.1) is 0 Å². The fraction of sp³-hybridized carbons (Fsp3) is 0.462. The molecule has 1 heterocycles. The van der Waals surface area contributed by atoms with E-state index in [1.165, 1.54) is 12.1 Å². The highest BCUT2D eigenvalue weighted by atomic mass is 35.5. The maximum atomic E-state index is 12.3. The van der Waals surface area contributed by atoms with Crippen LogP contribution in [0.1, 0.15) is 30.1 Å². The molecular formula is C13H16ClNO4S2. The summed E-state index contributed by atoms with van der Waals surface area (Å²) in [6, 6.07) is 3.64. The van der Waals surface area contributed by atoms with Crippen LogP contribution in [0.5, 0.6) is 0 Å². The van der Waals surface area contributed by atoms with Crippen molar-refractivity contribution in [2.75, 3.05) is 12.3 Å². The predicted molar refractivity (Wildman–Crippen MR) is 83.7 cm³/mol. The highest BCUT2D eigenvalue weighted by Crippen LogP contribution is 2.37. The van der Waals surface area contributed by atoms with Crippen LogP contribution in [0.2, 0.25) is 5.02 Å². The van der Waals surface area contributed by atoms with Gasteiger partial charge in [-0.1, -0.05) is 11.6 Å². The molecule has 2 rings (SSSR count). The minimum Gasteiger partial charge on any atom is -0.478 e. The third-order valence-electron chi connectivity index (χ3n) is 3.40. The number of thioether (sulfide) groups is 1. The molecule has 8 heteroatoms. The van der Waals surface area contributed by atoms with Gasteiger partial charge in [-0.2, -0.15) is 11.8 Å².